The zero-order chi connectivity index (χ0) is 21.1. The minimum atomic E-state index is -0.929. The highest BCUT2D eigenvalue weighted by atomic mass is 16.5. The number of carbonyl (C=O) groups excluding carboxylic acids is 2. The molecule has 8 nitrogen and oxygen atoms in total. The second kappa shape index (κ2) is 8.22. The van der Waals surface area contributed by atoms with Crippen LogP contribution in [0.1, 0.15) is 26.3 Å². The number of hydrogen-bond donors (Lipinski definition) is 2. The third-order valence-corrected chi connectivity index (χ3v) is 4.95. The number of aryl methyl sites for hydroxylation is 1. The van der Waals surface area contributed by atoms with Crippen LogP contribution in [0.4, 0.5) is 0 Å². The Morgan fingerprint density at radius 1 is 0.897 bits per heavy atom. The minimum absolute atomic E-state index is 0.124. The zero-order valence-corrected chi connectivity index (χ0v) is 16.2. The molecule has 0 spiro atoms. The minimum Gasteiger partial charge on any atom is -0.504 e. The summed E-state index contributed by atoms with van der Waals surface area (Å²) >= 11 is 0. The van der Waals surface area contributed by atoms with Crippen LogP contribution in [0, 0.1) is 6.92 Å². The first-order chi connectivity index (χ1) is 13.8. The number of benzene rings is 1. The Morgan fingerprint density at radius 2 is 1.41 bits per heavy atom. The van der Waals surface area contributed by atoms with Gasteiger partial charge in [-0.3, -0.25) is 14.4 Å². The van der Waals surface area contributed by atoms with Crippen molar-refractivity contribution in [2.24, 2.45) is 0 Å². The SMILES string of the molecule is COc1ccc(C(=O)N2CCN(C(=O)c3cc(O)c(=O)c(O)cc3C)CC2)cc1. The van der Waals surface area contributed by atoms with E-state index >= 15 is 0 Å². The van der Waals surface area contributed by atoms with Crippen molar-refractivity contribution in [1.82, 2.24) is 9.80 Å². The lowest BCUT2D eigenvalue weighted by molar-refractivity contribution is 0.0535. The lowest BCUT2D eigenvalue weighted by atomic mass is 10.1. The van der Waals surface area contributed by atoms with Gasteiger partial charge < -0.3 is 24.7 Å². The van der Waals surface area contributed by atoms with E-state index in [-0.39, 0.29) is 17.4 Å². The highest BCUT2D eigenvalue weighted by Gasteiger charge is 2.26. The largest absolute Gasteiger partial charge is 0.504 e. The van der Waals surface area contributed by atoms with Gasteiger partial charge in [-0.2, -0.15) is 0 Å². The number of ether oxygens (including phenoxy) is 1. The molecule has 8 heteroatoms. The Labute approximate surface area is 167 Å². The standard InChI is InChI=1S/C21H22N2O6/c1-13-11-17(24)19(26)18(25)12-16(13)21(28)23-9-7-22(8-10-23)20(27)14-3-5-15(29-2)6-4-14/h3-6,11-12H,7-10H2,1-2H3,(H2,24,25,26). The molecule has 2 aromatic carbocycles. The van der Waals surface area contributed by atoms with Gasteiger partial charge in [0.25, 0.3) is 17.2 Å². The highest BCUT2D eigenvalue weighted by molar-refractivity contribution is 5.97. The van der Waals surface area contributed by atoms with E-state index < -0.39 is 16.9 Å². The molecule has 2 amide bonds. The van der Waals surface area contributed by atoms with Crippen LogP contribution in [0.5, 0.6) is 17.2 Å². The quantitative estimate of drug-likeness (QED) is 0.809. The van der Waals surface area contributed by atoms with Crippen LogP contribution in [0.25, 0.3) is 0 Å². The van der Waals surface area contributed by atoms with Crippen LogP contribution < -0.4 is 10.2 Å². The van der Waals surface area contributed by atoms with E-state index in [4.69, 9.17) is 4.74 Å². The van der Waals surface area contributed by atoms with Crippen molar-refractivity contribution < 1.29 is 24.5 Å². The first-order valence-electron chi connectivity index (χ1n) is 9.11. The van der Waals surface area contributed by atoms with E-state index in [1.165, 1.54) is 6.07 Å². The molecule has 0 aromatic heterocycles. The van der Waals surface area contributed by atoms with Crippen molar-refractivity contribution in [3.8, 4) is 17.2 Å². The molecule has 0 bridgehead atoms. The molecule has 0 saturated carbocycles. The summed E-state index contributed by atoms with van der Waals surface area (Å²) in [5.74, 6) is -1.13. The van der Waals surface area contributed by atoms with Gasteiger partial charge in [0.2, 0.25) is 0 Å². The number of rotatable bonds is 3. The molecule has 0 radical (unpaired) electrons. The first-order valence-corrected chi connectivity index (χ1v) is 9.11. The Hall–Kier alpha value is -3.55. The monoisotopic (exact) mass is 398 g/mol. The summed E-state index contributed by atoms with van der Waals surface area (Å²) in [5, 5.41) is 19.4. The van der Waals surface area contributed by atoms with E-state index in [9.17, 15) is 24.6 Å². The lowest BCUT2D eigenvalue weighted by Gasteiger charge is -2.35. The van der Waals surface area contributed by atoms with Gasteiger partial charge in [0.15, 0.2) is 11.5 Å². The predicted molar refractivity (Wildman–Crippen MR) is 106 cm³/mol. The van der Waals surface area contributed by atoms with E-state index in [1.54, 1.807) is 48.1 Å². The van der Waals surface area contributed by atoms with Gasteiger partial charge >= 0.3 is 0 Å². The third-order valence-electron chi connectivity index (χ3n) is 4.95. The van der Waals surface area contributed by atoms with Gasteiger partial charge in [-0.05, 0) is 48.9 Å². The number of carbonyl (C=O) groups is 2. The predicted octanol–water partition coefficient (Wildman–Crippen LogP) is 1.37. The lowest BCUT2D eigenvalue weighted by Crippen LogP contribution is -2.50. The van der Waals surface area contributed by atoms with E-state index in [0.29, 0.717) is 43.1 Å². The van der Waals surface area contributed by atoms with Gasteiger partial charge in [-0.15, -0.1) is 0 Å². The topological polar surface area (TPSA) is 107 Å². The fourth-order valence-corrected chi connectivity index (χ4v) is 3.23. The van der Waals surface area contributed by atoms with Gasteiger partial charge in [0, 0.05) is 37.3 Å². The Morgan fingerprint density at radius 3 is 1.97 bits per heavy atom. The summed E-state index contributed by atoms with van der Waals surface area (Å²) in [5.41, 5.74) is 0.124. The fourth-order valence-electron chi connectivity index (χ4n) is 3.23. The van der Waals surface area contributed by atoms with Crippen molar-refractivity contribution >= 4 is 11.8 Å². The summed E-state index contributed by atoms with van der Waals surface area (Å²) in [6.45, 7) is 2.93. The summed E-state index contributed by atoms with van der Waals surface area (Å²) in [4.78, 5) is 40.4. The maximum absolute atomic E-state index is 12.9. The number of aromatic hydroxyl groups is 2. The van der Waals surface area contributed by atoms with E-state index in [2.05, 4.69) is 0 Å². The molecule has 1 fully saturated rings. The van der Waals surface area contributed by atoms with Crippen LogP contribution >= 0.6 is 0 Å². The molecular weight excluding hydrogens is 376 g/mol. The van der Waals surface area contributed by atoms with E-state index in [0.717, 1.165) is 6.07 Å². The molecular formula is C21H22N2O6. The van der Waals surface area contributed by atoms with Crippen molar-refractivity contribution in [3.05, 3.63) is 63.3 Å². The summed E-state index contributed by atoms with van der Waals surface area (Å²) in [7, 11) is 1.56. The third kappa shape index (κ3) is 4.16. The maximum atomic E-state index is 12.9. The molecule has 2 N–H and O–H groups in total. The molecule has 2 aromatic rings. The Bertz CT molecular complexity index is 995. The van der Waals surface area contributed by atoms with Gasteiger partial charge in [0.1, 0.15) is 5.75 Å². The summed E-state index contributed by atoms with van der Waals surface area (Å²) in [6.07, 6.45) is 0. The molecule has 1 aliphatic heterocycles. The van der Waals surface area contributed by atoms with Crippen LogP contribution in [0.3, 0.4) is 0 Å². The number of methoxy groups -OCH3 is 1. The maximum Gasteiger partial charge on any atom is 0.261 e. The molecule has 1 saturated heterocycles. The van der Waals surface area contributed by atoms with Crippen molar-refractivity contribution in [1.29, 1.82) is 0 Å². The van der Waals surface area contributed by atoms with Crippen molar-refractivity contribution in [2.75, 3.05) is 33.3 Å². The number of piperazine rings is 1. The molecule has 152 valence electrons. The average molecular weight is 398 g/mol. The Kier molecular flexibility index (Phi) is 5.72. The second-order valence-corrected chi connectivity index (χ2v) is 6.80. The summed E-state index contributed by atoms with van der Waals surface area (Å²) < 4.78 is 5.09. The second-order valence-electron chi connectivity index (χ2n) is 6.80. The van der Waals surface area contributed by atoms with Crippen molar-refractivity contribution in [3.63, 3.8) is 0 Å². The normalized spacial score (nSPS) is 13.9. The van der Waals surface area contributed by atoms with Crippen LogP contribution in [0.2, 0.25) is 0 Å². The van der Waals surface area contributed by atoms with E-state index in [1.807, 2.05) is 0 Å². The smallest absolute Gasteiger partial charge is 0.261 e. The molecule has 0 unspecified atom stereocenters. The molecule has 29 heavy (non-hydrogen) atoms. The van der Waals surface area contributed by atoms with Crippen LogP contribution in [0.15, 0.2) is 41.2 Å². The first kappa shape index (κ1) is 20.2. The van der Waals surface area contributed by atoms with Gasteiger partial charge in [-0.1, -0.05) is 0 Å². The number of nitrogens with zero attached hydrogens (tertiary/aromatic N) is 2. The molecule has 1 aliphatic rings. The van der Waals surface area contributed by atoms with Crippen LogP contribution in [-0.2, 0) is 0 Å². The summed E-state index contributed by atoms with van der Waals surface area (Å²) in [6, 6.07) is 9.08. The molecule has 0 atom stereocenters. The van der Waals surface area contributed by atoms with Crippen molar-refractivity contribution in [2.45, 2.75) is 6.92 Å². The average Bonchev–Trinajstić information content (AvgIpc) is 2.84. The van der Waals surface area contributed by atoms with Gasteiger partial charge in [0.05, 0.1) is 7.11 Å². The fraction of sp³-hybridized carbons (Fsp3) is 0.286. The molecule has 0 aliphatic carbocycles. The highest BCUT2D eigenvalue weighted by Crippen LogP contribution is 2.19. The Balaban J connectivity index is 1.71. The zero-order valence-electron chi connectivity index (χ0n) is 16.2. The van der Waals surface area contributed by atoms with Crippen LogP contribution in [-0.4, -0.2) is 65.1 Å². The number of amides is 2. The molecule has 3 rings (SSSR count). The van der Waals surface area contributed by atoms with Gasteiger partial charge in [-0.25, -0.2) is 0 Å². The number of hydrogen-bond acceptors (Lipinski definition) is 6. The molecule has 1 heterocycles.